The minimum Gasteiger partial charge on any atom is -0.494 e. The third-order valence-corrected chi connectivity index (χ3v) is 4.77. The summed E-state index contributed by atoms with van der Waals surface area (Å²) in [5.41, 5.74) is 1.87. The van der Waals surface area contributed by atoms with Crippen LogP contribution in [0, 0.1) is 10.1 Å². The minimum absolute atomic E-state index is 0.0195. The molecule has 0 bridgehead atoms. The second kappa shape index (κ2) is 12.7. The number of nitro groups is 1. The maximum Gasteiger partial charge on any atom is 0.269 e. The molecule has 0 fully saturated rings. The summed E-state index contributed by atoms with van der Waals surface area (Å²) in [7, 11) is 0. The number of carbonyl (C=O) groups excluding carboxylic acids is 1. The van der Waals surface area contributed by atoms with E-state index in [4.69, 9.17) is 9.47 Å². The van der Waals surface area contributed by atoms with Crippen molar-refractivity contribution in [3.05, 3.63) is 88.5 Å². The largest absolute Gasteiger partial charge is 0.494 e. The van der Waals surface area contributed by atoms with Crippen LogP contribution in [0.4, 0.5) is 17.1 Å². The van der Waals surface area contributed by atoms with E-state index in [2.05, 4.69) is 10.2 Å². The van der Waals surface area contributed by atoms with Crippen molar-refractivity contribution in [2.24, 2.45) is 10.2 Å². The van der Waals surface area contributed by atoms with Crippen LogP contribution in [0.15, 0.2) is 83.0 Å². The van der Waals surface area contributed by atoms with Crippen molar-refractivity contribution < 1.29 is 19.2 Å². The summed E-state index contributed by atoms with van der Waals surface area (Å²) in [6.07, 6.45) is 4.84. The first-order valence-electron chi connectivity index (χ1n) is 10.7. The molecule has 0 atom stereocenters. The van der Waals surface area contributed by atoms with Gasteiger partial charge >= 0.3 is 0 Å². The Bertz CT molecular complexity index is 1050. The third-order valence-electron chi connectivity index (χ3n) is 4.77. The number of aldehydes is 1. The van der Waals surface area contributed by atoms with Gasteiger partial charge in [0.1, 0.15) is 17.8 Å². The SMILES string of the molecule is O=Cc1ccc(OCCCCCCOc2ccc(N=Nc3ccc([N+](=O)[O-])cc3)cc2)cc1. The van der Waals surface area contributed by atoms with Gasteiger partial charge in [0, 0.05) is 17.7 Å². The van der Waals surface area contributed by atoms with Crippen LogP contribution in [0.2, 0.25) is 0 Å². The zero-order valence-electron chi connectivity index (χ0n) is 18.1. The summed E-state index contributed by atoms with van der Waals surface area (Å²) in [5, 5.41) is 18.9. The number of nitro benzene ring substituents is 1. The van der Waals surface area contributed by atoms with E-state index in [0.717, 1.165) is 43.5 Å². The number of non-ortho nitro benzene ring substituents is 1. The van der Waals surface area contributed by atoms with Crippen molar-refractivity contribution in [2.75, 3.05) is 13.2 Å². The van der Waals surface area contributed by atoms with Crippen molar-refractivity contribution in [1.82, 2.24) is 0 Å². The molecule has 3 aromatic rings. The highest BCUT2D eigenvalue weighted by molar-refractivity contribution is 5.74. The molecule has 170 valence electrons. The van der Waals surface area contributed by atoms with E-state index in [-0.39, 0.29) is 5.69 Å². The maximum absolute atomic E-state index is 10.7. The monoisotopic (exact) mass is 447 g/mol. The Morgan fingerprint density at radius 2 is 1.15 bits per heavy atom. The standard InChI is InChI=1S/C25H25N3O5/c29-19-20-5-13-24(14-6-20)32-17-3-1-2-4-18-33-25-15-9-22(10-16-25)27-26-21-7-11-23(12-8-21)28(30)31/h5-16,19H,1-4,17-18H2. The van der Waals surface area contributed by atoms with Gasteiger partial charge < -0.3 is 9.47 Å². The van der Waals surface area contributed by atoms with E-state index in [1.807, 2.05) is 24.3 Å². The van der Waals surface area contributed by atoms with E-state index in [0.29, 0.717) is 30.2 Å². The van der Waals surface area contributed by atoms with Crippen molar-refractivity contribution >= 4 is 23.3 Å². The molecular formula is C25H25N3O5. The highest BCUT2D eigenvalue weighted by atomic mass is 16.6. The fourth-order valence-corrected chi connectivity index (χ4v) is 2.95. The highest BCUT2D eigenvalue weighted by Crippen LogP contribution is 2.23. The number of azo groups is 1. The van der Waals surface area contributed by atoms with E-state index in [1.165, 1.54) is 12.1 Å². The second-order valence-corrected chi connectivity index (χ2v) is 7.27. The molecule has 0 saturated carbocycles. The Hall–Kier alpha value is -4.07. The molecule has 33 heavy (non-hydrogen) atoms. The number of carbonyl (C=O) groups is 1. The number of unbranched alkanes of at least 4 members (excludes halogenated alkanes) is 3. The summed E-state index contributed by atoms with van der Waals surface area (Å²) in [4.78, 5) is 20.9. The van der Waals surface area contributed by atoms with Crippen LogP contribution in [-0.4, -0.2) is 24.4 Å². The van der Waals surface area contributed by atoms with Gasteiger partial charge in [0.05, 0.1) is 29.5 Å². The number of hydrogen-bond donors (Lipinski definition) is 0. The van der Waals surface area contributed by atoms with Crippen molar-refractivity contribution in [2.45, 2.75) is 25.7 Å². The lowest BCUT2D eigenvalue weighted by molar-refractivity contribution is -0.384. The van der Waals surface area contributed by atoms with Crippen LogP contribution < -0.4 is 9.47 Å². The van der Waals surface area contributed by atoms with Gasteiger partial charge in [-0.2, -0.15) is 10.2 Å². The molecule has 8 heteroatoms. The summed E-state index contributed by atoms with van der Waals surface area (Å²) < 4.78 is 11.4. The number of nitrogens with zero attached hydrogens (tertiary/aromatic N) is 3. The third kappa shape index (κ3) is 8.17. The van der Waals surface area contributed by atoms with Crippen molar-refractivity contribution in [3.8, 4) is 11.5 Å². The number of benzene rings is 3. The van der Waals surface area contributed by atoms with E-state index in [1.54, 1.807) is 36.4 Å². The lowest BCUT2D eigenvalue weighted by Gasteiger charge is -2.07. The van der Waals surface area contributed by atoms with Gasteiger partial charge in [-0.15, -0.1) is 0 Å². The molecule has 0 amide bonds. The molecule has 8 nitrogen and oxygen atoms in total. The summed E-state index contributed by atoms with van der Waals surface area (Å²) >= 11 is 0. The van der Waals surface area contributed by atoms with Crippen LogP contribution >= 0.6 is 0 Å². The molecule has 0 spiro atoms. The number of hydrogen-bond acceptors (Lipinski definition) is 7. The van der Waals surface area contributed by atoms with Crippen molar-refractivity contribution in [3.63, 3.8) is 0 Å². The molecule has 0 unspecified atom stereocenters. The Morgan fingerprint density at radius 3 is 1.61 bits per heavy atom. The van der Waals surface area contributed by atoms with Crippen LogP contribution in [0.3, 0.4) is 0 Å². The first-order valence-corrected chi connectivity index (χ1v) is 10.7. The smallest absolute Gasteiger partial charge is 0.269 e. The Balaban J connectivity index is 1.28. The molecule has 3 rings (SSSR count). The summed E-state index contributed by atoms with van der Waals surface area (Å²) in [6, 6.07) is 20.3. The molecule has 0 aliphatic heterocycles. The van der Waals surface area contributed by atoms with E-state index in [9.17, 15) is 14.9 Å². The summed E-state index contributed by atoms with van der Waals surface area (Å²) in [6.45, 7) is 1.29. The van der Waals surface area contributed by atoms with Crippen LogP contribution in [0.5, 0.6) is 11.5 Å². The molecule has 3 aromatic carbocycles. The van der Waals surface area contributed by atoms with Gasteiger partial charge in [0.15, 0.2) is 0 Å². The molecule has 0 aromatic heterocycles. The van der Waals surface area contributed by atoms with Crippen LogP contribution in [0.25, 0.3) is 0 Å². The van der Waals surface area contributed by atoms with Gasteiger partial charge in [-0.1, -0.05) is 0 Å². The normalized spacial score (nSPS) is 10.8. The average molecular weight is 447 g/mol. The van der Waals surface area contributed by atoms with Gasteiger partial charge in [-0.25, -0.2) is 0 Å². The zero-order valence-corrected chi connectivity index (χ0v) is 18.1. The predicted octanol–water partition coefficient (Wildman–Crippen LogP) is 6.84. The van der Waals surface area contributed by atoms with Crippen molar-refractivity contribution in [1.29, 1.82) is 0 Å². The highest BCUT2D eigenvalue weighted by Gasteiger charge is 2.03. The maximum atomic E-state index is 10.7. The molecule has 0 heterocycles. The number of ether oxygens (including phenoxy) is 2. The lowest BCUT2D eigenvalue weighted by atomic mass is 10.2. The minimum atomic E-state index is -0.452. The molecule has 0 saturated heterocycles. The van der Waals surface area contributed by atoms with E-state index >= 15 is 0 Å². The fraction of sp³-hybridized carbons (Fsp3) is 0.240. The number of rotatable bonds is 13. The van der Waals surface area contributed by atoms with Gasteiger partial charge in [0.2, 0.25) is 0 Å². The van der Waals surface area contributed by atoms with Crippen LogP contribution in [-0.2, 0) is 0 Å². The second-order valence-electron chi connectivity index (χ2n) is 7.27. The van der Waals surface area contributed by atoms with Crippen LogP contribution in [0.1, 0.15) is 36.0 Å². The average Bonchev–Trinajstić information content (AvgIpc) is 2.85. The van der Waals surface area contributed by atoms with E-state index < -0.39 is 4.92 Å². The lowest BCUT2D eigenvalue weighted by Crippen LogP contribution is -1.99. The topological polar surface area (TPSA) is 103 Å². The molecule has 0 N–H and O–H groups in total. The van der Waals surface area contributed by atoms with Gasteiger partial charge in [-0.3, -0.25) is 14.9 Å². The molecule has 0 aliphatic rings. The fourth-order valence-electron chi connectivity index (χ4n) is 2.95. The Labute approximate surface area is 192 Å². The molecule has 0 aliphatic carbocycles. The van der Waals surface area contributed by atoms with Gasteiger partial charge in [-0.05, 0) is 86.3 Å². The van der Waals surface area contributed by atoms with Gasteiger partial charge in [0.25, 0.3) is 5.69 Å². The zero-order chi connectivity index (χ0) is 23.3. The Kier molecular flexibility index (Phi) is 9.08. The summed E-state index contributed by atoms with van der Waals surface area (Å²) in [5.74, 6) is 1.55. The molecular weight excluding hydrogens is 422 g/mol. The Morgan fingerprint density at radius 1 is 0.697 bits per heavy atom. The molecule has 0 radical (unpaired) electrons. The first-order chi connectivity index (χ1) is 16.1. The first kappa shape index (κ1) is 23.6. The quantitative estimate of drug-likeness (QED) is 0.0938. The predicted molar refractivity (Wildman–Crippen MR) is 125 cm³/mol.